The van der Waals surface area contributed by atoms with Gasteiger partial charge in [-0.15, -0.1) is 11.3 Å². The summed E-state index contributed by atoms with van der Waals surface area (Å²) < 4.78 is 1.23. The smallest absolute Gasteiger partial charge is 0.0701 e. The zero-order chi connectivity index (χ0) is 9.97. The molecule has 0 spiro atoms. The minimum absolute atomic E-state index is 0.509. The van der Waals surface area contributed by atoms with Crippen molar-refractivity contribution in [1.82, 2.24) is 5.32 Å². The summed E-state index contributed by atoms with van der Waals surface area (Å²) in [6.07, 6.45) is 5.52. The Bertz CT molecular complexity index is 291. The van der Waals surface area contributed by atoms with Crippen LogP contribution in [0.3, 0.4) is 0 Å². The quantitative estimate of drug-likeness (QED) is 0.874. The Morgan fingerprint density at radius 2 is 2.14 bits per heavy atom. The van der Waals surface area contributed by atoms with Gasteiger partial charge in [-0.05, 0) is 47.8 Å². The molecule has 0 unspecified atom stereocenters. The van der Waals surface area contributed by atoms with Crippen molar-refractivity contribution in [2.45, 2.75) is 44.7 Å². The van der Waals surface area contributed by atoms with Crippen LogP contribution in [0.2, 0.25) is 0 Å². The van der Waals surface area contributed by atoms with E-state index in [4.69, 9.17) is 0 Å². The fraction of sp³-hybridized carbons (Fsp3) is 0.636. The highest BCUT2D eigenvalue weighted by molar-refractivity contribution is 9.11. The molecule has 1 N–H and O–H groups in total. The van der Waals surface area contributed by atoms with Gasteiger partial charge in [0.1, 0.15) is 0 Å². The number of rotatable bonds is 3. The van der Waals surface area contributed by atoms with E-state index in [1.54, 1.807) is 0 Å². The molecular weight excluding hydrogens is 258 g/mol. The fourth-order valence-electron chi connectivity index (χ4n) is 2.09. The molecule has 1 atom stereocenters. The lowest BCUT2D eigenvalue weighted by Crippen LogP contribution is -2.28. The van der Waals surface area contributed by atoms with Crippen molar-refractivity contribution >= 4 is 27.3 Å². The van der Waals surface area contributed by atoms with E-state index >= 15 is 0 Å². The molecule has 78 valence electrons. The van der Waals surface area contributed by atoms with Gasteiger partial charge in [-0.3, -0.25) is 0 Å². The lowest BCUT2D eigenvalue weighted by molar-refractivity contribution is 0.465. The third kappa shape index (κ3) is 2.59. The second-order valence-corrected chi connectivity index (χ2v) is 6.51. The second kappa shape index (κ2) is 4.77. The molecule has 0 amide bonds. The van der Waals surface area contributed by atoms with Crippen LogP contribution >= 0.6 is 27.3 Å². The van der Waals surface area contributed by atoms with Crippen LogP contribution in [0.25, 0.3) is 0 Å². The molecule has 1 aliphatic rings. The van der Waals surface area contributed by atoms with Crippen molar-refractivity contribution in [1.29, 1.82) is 0 Å². The van der Waals surface area contributed by atoms with Gasteiger partial charge in [-0.25, -0.2) is 0 Å². The summed E-state index contributed by atoms with van der Waals surface area (Å²) in [5.74, 6) is 0. The van der Waals surface area contributed by atoms with E-state index in [1.807, 2.05) is 11.3 Å². The van der Waals surface area contributed by atoms with Crippen LogP contribution in [-0.4, -0.2) is 6.04 Å². The monoisotopic (exact) mass is 273 g/mol. The van der Waals surface area contributed by atoms with Gasteiger partial charge in [0.2, 0.25) is 0 Å². The standard InChI is InChI=1S/C11H16BrNS/c1-8(10-6-7-11(12)14-10)13-9-4-2-3-5-9/h6-9,13H,2-5H2,1H3/t8-/m1/s1. The van der Waals surface area contributed by atoms with Gasteiger partial charge < -0.3 is 5.32 Å². The van der Waals surface area contributed by atoms with Crippen molar-refractivity contribution in [3.8, 4) is 0 Å². The predicted molar refractivity (Wildman–Crippen MR) is 65.8 cm³/mol. The van der Waals surface area contributed by atoms with Crippen LogP contribution in [0.4, 0.5) is 0 Å². The summed E-state index contributed by atoms with van der Waals surface area (Å²) in [5.41, 5.74) is 0. The van der Waals surface area contributed by atoms with Crippen LogP contribution in [0.15, 0.2) is 15.9 Å². The van der Waals surface area contributed by atoms with Crippen LogP contribution in [0.5, 0.6) is 0 Å². The summed E-state index contributed by atoms with van der Waals surface area (Å²) >= 11 is 5.34. The van der Waals surface area contributed by atoms with E-state index in [0.29, 0.717) is 6.04 Å². The van der Waals surface area contributed by atoms with Crippen LogP contribution < -0.4 is 5.32 Å². The minimum Gasteiger partial charge on any atom is -0.307 e. The first-order valence-electron chi connectivity index (χ1n) is 5.27. The third-order valence-corrected chi connectivity index (χ3v) is 4.67. The van der Waals surface area contributed by atoms with E-state index in [2.05, 4.69) is 40.3 Å². The average molecular weight is 274 g/mol. The van der Waals surface area contributed by atoms with Crippen LogP contribution in [-0.2, 0) is 0 Å². The largest absolute Gasteiger partial charge is 0.307 e. The summed E-state index contributed by atoms with van der Waals surface area (Å²) in [6, 6.07) is 5.61. The minimum atomic E-state index is 0.509. The zero-order valence-corrected chi connectivity index (χ0v) is 10.8. The Morgan fingerprint density at radius 1 is 1.43 bits per heavy atom. The first-order valence-corrected chi connectivity index (χ1v) is 6.88. The van der Waals surface area contributed by atoms with Gasteiger partial charge in [0.15, 0.2) is 0 Å². The molecular formula is C11H16BrNS. The SMILES string of the molecule is C[C@@H](NC1CCCC1)c1ccc(Br)s1. The van der Waals surface area contributed by atoms with Crippen LogP contribution in [0, 0.1) is 0 Å². The van der Waals surface area contributed by atoms with E-state index in [9.17, 15) is 0 Å². The van der Waals surface area contributed by atoms with E-state index in [0.717, 1.165) is 6.04 Å². The molecule has 0 aliphatic heterocycles. The Kier molecular flexibility index (Phi) is 3.63. The molecule has 1 nitrogen and oxygen atoms in total. The van der Waals surface area contributed by atoms with Crippen molar-refractivity contribution in [2.75, 3.05) is 0 Å². The number of nitrogens with one attached hydrogen (secondary N) is 1. The number of halogens is 1. The lowest BCUT2D eigenvalue weighted by atomic mass is 10.2. The highest BCUT2D eigenvalue weighted by Crippen LogP contribution is 2.28. The van der Waals surface area contributed by atoms with Crippen molar-refractivity contribution < 1.29 is 0 Å². The zero-order valence-electron chi connectivity index (χ0n) is 8.42. The second-order valence-electron chi connectivity index (χ2n) is 4.01. The molecule has 1 aromatic rings. The van der Waals surface area contributed by atoms with Gasteiger partial charge >= 0.3 is 0 Å². The molecule has 1 saturated carbocycles. The molecule has 3 heteroatoms. The van der Waals surface area contributed by atoms with E-state index in [-0.39, 0.29) is 0 Å². The molecule has 1 fully saturated rings. The van der Waals surface area contributed by atoms with Crippen LogP contribution in [0.1, 0.15) is 43.5 Å². The predicted octanol–water partition coefficient (Wildman–Crippen LogP) is 4.10. The first-order chi connectivity index (χ1) is 6.75. The van der Waals surface area contributed by atoms with Gasteiger partial charge in [-0.1, -0.05) is 12.8 Å². The fourth-order valence-corrected chi connectivity index (χ4v) is 3.52. The topological polar surface area (TPSA) is 12.0 Å². The first kappa shape index (κ1) is 10.7. The summed E-state index contributed by atoms with van der Waals surface area (Å²) in [6.45, 7) is 2.26. The molecule has 2 rings (SSSR count). The van der Waals surface area contributed by atoms with E-state index in [1.165, 1.54) is 34.3 Å². The molecule has 1 aromatic heterocycles. The van der Waals surface area contributed by atoms with Crippen molar-refractivity contribution in [3.63, 3.8) is 0 Å². The molecule has 14 heavy (non-hydrogen) atoms. The molecule has 0 radical (unpaired) electrons. The third-order valence-electron chi connectivity index (χ3n) is 2.86. The van der Waals surface area contributed by atoms with Gasteiger partial charge in [-0.2, -0.15) is 0 Å². The lowest BCUT2D eigenvalue weighted by Gasteiger charge is -2.17. The highest BCUT2D eigenvalue weighted by atomic mass is 79.9. The van der Waals surface area contributed by atoms with Crippen molar-refractivity contribution in [2.24, 2.45) is 0 Å². The average Bonchev–Trinajstić information content (AvgIpc) is 2.75. The maximum absolute atomic E-state index is 3.70. The number of hydrogen-bond donors (Lipinski definition) is 1. The molecule has 1 aliphatic carbocycles. The molecule has 0 aromatic carbocycles. The summed E-state index contributed by atoms with van der Waals surface area (Å²) in [5, 5.41) is 3.70. The summed E-state index contributed by atoms with van der Waals surface area (Å²) in [4.78, 5) is 1.43. The van der Waals surface area contributed by atoms with Gasteiger partial charge in [0, 0.05) is 17.0 Å². The molecule has 0 saturated heterocycles. The Labute approximate surface area is 98.0 Å². The number of hydrogen-bond acceptors (Lipinski definition) is 2. The normalized spacial score (nSPS) is 20.1. The van der Waals surface area contributed by atoms with E-state index < -0.39 is 0 Å². The highest BCUT2D eigenvalue weighted by Gasteiger charge is 2.18. The summed E-state index contributed by atoms with van der Waals surface area (Å²) in [7, 11) is 0. The number of thiophene rings is 1. The molecule has 0 bridgehead atoms. The molecule has 1 heterocycles. The van der Waals surface area contributed by atoms with Crippen molar-refractivity contribution in [3.05, 3.63) is 20.8 Å². The Hall–Kier alpha value is 0.140. The Morgan fingerprint density at radius 3 is 2.71 bits per heavy atom. The maximum atomic E-state index is 3.70. The van der Waals surface area contributed by atoms with Gasteiger partial charge in [0.05, 0.1) is 3.79 Å². The van der Waals surface area contributed by atoms with Gasteiger partial charge in [0.25, 0.3) is 0 Å². The maximum Gasteiger partial charge on any atom is 0.0701 e. The Balaban J connectivity index is 1.91.